The summed E-state index contributed by atoms with van der Waals surface area (Å²) in [6.45, 7) is 3.07. The summed E-state index contributed by atoms with van der Waals surface area (Å²) in [5.41, 5.74) is 0.956. The molecule has 0 aromatic heterocycles. The van der Waals surface area contributed by atoms with Crippen molar-refractivity contribution >= 4 is 23.4 Å². The van der Waals surface area contributed by atoms with Crippen LogP contribution in [0.3, 0.4) is 0 Å². The van der Waals surface area contributed by atoms with Crippen LogP contribution in [0.15, 0.2) is 18.2 Å². The predicted octanol–water partition coefficient (Wildman–Crippen LogP) is 3.88. The largest absolute Gasteiger partial charge is 0.310 e. The van der Waals surface area contributed by atoms with Crippen molar-refractivity contribution in [3.63, 3.8) is 0 Å². The topological polar surface area (TPSA) is 12.0 Å². The Bertz CT molecular complexity index is 380. The number of nitrogens with one attached hydrogen (secondary N) is 1. The standard InChI is InChI=1S/C13H17ClFNS/c1-9(16-7-10-4-5-17-8-10)11-2-3-12(14)13(15)6-11/h2-3,6,9-10,16H,4-5,7-8H2,1H3. The minimum Gasteiger partial charge on any atom is -0.310 e. The van der Waals surface area contributed by atoms with E-state index in [2.05, 4.69) is 12.2 Å². The summed E-state index contributed by atoms with van der Waals surface area (Å²) in [4.78, 5) is 0. The average Bonchev–Trinajstić information content (AvgIpc) is 2.82. The van der Waals surface area contributed by atoms with Gasteiger partial charge in [-0.2, -0.15) is 11.8 Å². The molecule has 2 rings (SSSR count). The highest BCUT2D eigenvalue weighted by molar-refractivity contribution is 7.99. The maximum atomic E-state index is 13.3. The molecule has 0 spiro atoms. The van der Waals surface area contributed by atoms with Crippen LogP contribution in [0.4, 0.5) is 4.39 Å². The van der Waals surface area contributed by atoms with Gasteiger partial charge in [0, 0.05) is 6.04 Å². The third kappa shape index (κ3) is 3.60. The Morgan fingerprint density at radius 2 is 2.41 bits per heavy atom. The van der Waals surface area contributed by atoms with E-state index >= 15 is 0 Å². The minimum atomic E-state index is -0.339. The van der Waals surface area contributed by atoms with Gasteiger partial charge in [0.15, 0.2) is 0 Å². The second-order valence-electron chi connectivity index (χ2n) is 4.53. The second-order valence-corrected chi connectivity index (χ2v) is 6.09. The fourth-order valence-electron chi connectivity index (χ4n) is 1.99. The first kappa shape index (κ1) is 13.2. The molecule has 1 heterocycles. The molecular formula is C13H17ClFNS. The van der Waals surface area contributed by atoms with Crippen molar-refractivity contribution in [2.45, 2.75) is 19.4 Å². The molecule has 0 saturated carbocycles. The summed E-state index contributed by atoms with van der Waals surface area (Å²) in [6, 6.07) is 5.19. The first-order valence-electron chi connectivity index (χ1n) is 5.93. The quantitative estimate of drug-likeness (QED) is 0.893. The van der Waals surface area contributed by atoms with Crippen molar-refractivity contribution in [3.05, 3.63) is 34.6 Å². The first-order valence-corrected chi connectivity index (χ1v) is 7.46. The fraction of sp³-hybridized carbons (Fsp3) is 0.538. The lowest BCUT2D eigenvalue weighted by atomic mass is 10.1. The van der Waals surface area contributed by atoms with Crippen LogP contribution in [-0.4, -0.2) is 18.1 Å². The van der Waals surface area contributed by atoms with Gasteiger partial charge in [0.1, 0.15) is 5.82 Å². The number of hydrogen-bond donors (Lipinski definition) is 1. The maximum Gasteiger partial charge on any atom is 0.142 e. The van der Waals surface area contributed by atoms with Crippen molar-refractivity contribution < 1.29 is 4.39 Å². The van der Waals surface area contributed by atoms with E-state index < -0.39 is 0 Å². The summed E-state index contributed by atoms with van der Waals surface area (Å²) >= 11 is 7.68. The Labute approximate surface area is 111 Å². The molecule has 0 amide bonds. The Kier molecular flexibility index (Phi) is 4.71. The number of halogens is 2. The molecule has 1 aliphatic rings. The lowest BCUT2D eigenvalue weighted by molar-refractivity contribution is 0.476. The van der Waals surface area contributed by atoms with Gasteiger partial charge in [-0.1, -0.05) is 17.7 Å². The van der Waals surface area contributed by atoms with Crippen LogP contribution in [-0.2, 0) is 0 Å². The molecule has 1 nitrogen and oxygen atoms in total. The predicted molar refractivity (Wildman–Crippen MR) is 73.3 cm³/mol. The Balaban J connectivity index is 1.89. The van der Waals surface area contributed by atoms with Crippen molar-refractivity contribution in [1.29, 1.82) is 0 Å². The van der Waals surface area contributed by atoms with Crippen LogP contribution in [0.25, 0.3) is 0 Å². The van der Waals surface area contributed by atoms with Crippen molar-refractivity contribution in [3.8, 4) is 0 Å². The fourth-order valence-corrected chi connectivity index (χ4v) is 3.39. The average molecular weight is 274 g/mol. The van der Waals surface area contributed by atoms with Crippen molar-refractivity contribution in [2.24, 2.45) is 5.92 Å². The molecule has 1 aromatic rings. The molecular weight excluding hydrogens is 257 g/mol. The van der Waals surface area contributed by atoms with Gasteiger partial charge in [0.25, 0.3) is 0 Å². The molecule has 1 fully saturated rings. The maximum absolute atomic E-state index is 13.3. The molecule has 1 aliphatic heterocycles. The lowest BCUT2D eigenvalue weighted by Crippen LogP contribution is -2.25. The highest BCUT2D eigenvalue weighted by atomic mass is 35.5. The Morgan fingerprint density at radius 3 is 3.06 bits per heavy atom. The van der Waals surface area contributed by atoms with Gasteiger partial charge in [-0.25, -0.2) is 4.39 Å². The van der Waals surface area contributed by atoms with E-state index in [9.17, 15) is 4.39 Å². The molecule has 17 heavy (non-hydrogen) atoms. The molecule has 4 heteroatoms. The summed E-state index contributed by atoms with van der Waals surface area (Å²) in [5, 5.41) is 3.65. The van der Waals surface area contributed by atoms with Gasteiger partial charge in [0.05, 0.1) is 5.02 Å². The zero-order valence-corrected chi connectivity index (χ0v) is 11.5. The van der Waals surface area contributed by atoms with Crippen LogP contribution in [0.5, 0.6) is 0 Å². The highest BCUT2D eigenvalue weighted by Crippen LogP contribution is 2.24. The summed E-state index contributed by atoms with van der Waals surface area (Å²) < 4.78 is 13.3. The lowest BCUT2D eigenvalue weighted by Gasteiger charge is -2.17. The zero-order chi connectivity index (χ0) is 12.3. The van der Waals surface area contributed by atoms with Crippen molar-refractivity contribution in [1.82, 2.24) is 5.32 Å². The summed E-state index contributed by atoms with van der Waals surface area (Å²) in [5.74, 6) is 2.94. The number of thioether (sulfide) groups is 1. The van der Waals surface area contributed by atoms with Crippen LogP contribution in [0.2, 0.25) is 5.02 Å². The van der Waals surface area contributed by atoms with E-state index in [1.807, 2.05) is 17.8 Å². The SMILES string of the molecule is CC(NCC1CCSC1)c1ccc(Cl)c(F)c1. The van der Waals surface area contributed by atoms with Gasteiger partial charge in [0.2, 0.25) is 0 Å². The summed E-state index contributed by atoms with van der Waals surface area (Å²) in [7, 11) is 0. The monoisotopic (exact) mass is 273 g/mol. The number of hydrogen-bond acceptors (Lipinski definition) is 2. The molecule has 0 aliphatic carbocycles. The molecule has 94 valence electrons. The molecule has 1 aromatic carbocycles. The van der Waals surface area contributed by atoms with E-state index in [4.69, 9.17) is 11.6 Å². The van der Waals surface area contributed by atoms with Gasteiger partial charge >= 0.3 is 0 Å². The smallest absolute Gasteiger partial charge is 0.142 e. The molecule has 2 atom stereocenters. The van der Waals surface area contributed by atoms with E-state index in [0.717, 1.165) is 18.0 Å². The van der Waals surface area contributed by atoms with Crippen molar-refractivity contribution in [2.75, 3.05) is 18.1 Å². The number of rotatable bonds is 4. The molecule has 0 bridgehead atoms. The van der Waals surface area contributed by atoms with Gasteiger partial charge in [-0.05, 0) is 55.0 Å². The highest BCUT2D eigenvalue weighted by Gasteiger charge is 2.16. The normalized spacial score (nSPS) is 21.7. The molecule has 1 N–H and O–H groups in total. The van der Waals surface area contributed by atoms with Crippen LogP contribution < -0.4 is 5.32 Å². The summed E-state index contributed by atoms with van der Waals surface area (Å²) in [6.07, 6.45) is 1.29. The molecule has 0 radical (unpaired) electrons. The Morgan fingerprint density at radius 1 is 1.59 bits per heavy atom. The zero-order valence-electron chi connectivity index (χ0n) is 9.88. The number of benzene rings is 1. The van der Waals surface area contributed by atoms with E-state index in [1.54, 1.807) is 6.07 Å². The van der Waals surface area contributed by atoms with E-state index in [0.29, 0.717) is 0 Å². The third-order valence-electron chi connectivity index (χ3n) is 3.18. The van der Waals surface area contributed by atoms with Gasteiger partial charge in [-0.15, -0.1) is 0 Å². The third-order valence-corrected chi connectivity index (χ3v) is 4.72. The van der Waals surface area contributed by atoms with E-state index in [1.165, 1.54) is 24.0 Å². The van der Waals surface area contributed by atoms with Gasteiger partial charge in [-0.3, -0.25) is 0 Å². The van der Waals surface area contributed by atoms with E-state index in [-0.39, 0.29) is 16.9 Å². The second kappa shape index (κ2) is 6.07. The van der Waals surface area contributed by atoms with Crippen LogP contribution in [0.1, 0.15) is 24.9 Å². The van der Waals surface area contributed by atoms with Crippen LogP contribution in [0, 0.1) is 11.7 Å². The first-order chi connectivity index (χ1) is 8.16. The van der Waals surface area contributed by atoms with Crippen LogP contribution >= 0.6 is 23.4 Å². The Hall–Kier alpha value is -0.250. The molecule has 1 saturated heterocycles. The minimum absolute atomic E-state index is 0.173. The molecule has 2 unspecified atom stereocenters. The van der Waals surface area contributed by atoms with Gasteiger partial charge < -0.3 is 5.32 Å².